The predicted molar refractivity (Wildman–Crippen MR) is 177 cm³/mol. The average Bonchev–Trinajstić information content (AvgIpc) is 2.99. The fourth-order valence-electron chi connectivity index (χ4n) is 4.61. The molecule has 4 aromatic rings. The fourth-order valence-corrected chi connectivity index (χ4v) is 6.87. The number of amides is 2. The Kier molecular flexibility index (Phi) is 11.6. The van der Waals surface area contributed by atoms with E-state index in [4.69, 9.17) is 46.4 Å². The molecule has 0 aliphatic heterocycles. The summed E-state index contributed by atoms with van der Waals surface area (Å²) in [4.78, 5) is 29.3. The molecule has 230 valence electrons. The van der Waals surface area contributed by atoms with Crippen molar-refractivity contribution in [1.29, 1.82) is 0 Å². The lowest BCUT2D eigenvalue weighted by Crippen LogP contribution is -2.53. The molecule has 0 spiro atoms. The molecule has 0 heterocycles. The van der Waals surface area contributed by atoms with Gasteiger partial charge in [-0.05, 0) is 60.5 Å². The molecule has 1 atom stereocenters. The highest BCUT2D eigenvalue weighted by Crippen LogP contribution is 2.31. The SMILES string of the molecule is CCNC(=O)C(Cc1ccccc1)N(Cc1ccc(Cl)c(Cl)c1)C(=O)CN(c1cc(Cl)cc(Cl)c1)S(=O)(=O)c1ccccc1. The normalized spacial score (nSPS) is 11.9. The van der Waals surface area contributed by atoms with Crippen molar-refractivity contribution >= 4 is 73.9 Å². The van der Waals surface area contributed by atoms with Crippen LogP contribution in [0.5, 0.6) is 0 Å². The van der Waals surface area contributed by atoms with Crippen molar-refractivity contribution in [2.75, 3.05) is 17.4 Å². The van der Waals surface area contributed by atoms with Crippen molar-refractivity contribution in [3.63, 3.8) is 0 Å². The Labute approximate surface area is 277 Å². The molecule has 2 amide bonds. The number of hydrogen-bond acceptors (Lipinski definition) is 4. The molecule has 0 aliphatic rings. The third-order valence-electron chi connectivity index (χ3n) is 6.70. The number of nitrogens with zero attached hydrogens (tertiary/aromatic N) is 2. The average molecular weight is 693 g/mol. The second kappa shape index (κ2) is 15.1. The first-order valence-corrected chi connectivity index (χ1v) is 16.5. The van der Waals surface area contributed by atoms with E-state index in [9.17, 15) is 18.0 Å². The quantitative estimate of drug-likeness (QED) is 0.169. The smallest absolute Gasteiger partial charge is 0.264 e. The topological polar surface area (TPSA) is 86.8 Å². The third kappa shape index (κ3) is 8.46. The van der Waals surface area contributed by atoms with Crippen LogP contribution < -0.4 is 9.62 Å². The number of hydrogen-bond donors (Lipinski definition) is 1. The van der Waals surface area contributed by atoms with Crippen molar-refractivity contribution in [2.45, 2.75) is 30.8 Å². The highest BCUT2D eigenvalue weighted by molar-refractivity contribution is 7.92. The van der Waals surface area contributed by atoms with E-state index in [1.807, 2.05) is 30.3 Å². The van der Waals surface area contributed by atoms with Crippen LogP contribution >= 0.6 is 46.4 Å². The summed E-state index contributed by atoms with van der Waals surface area (Å²) < 4.78 is 29.0. The largest absolute Gasteiger partial charge is 0.355 e. The van der Waals surface area contributed by atoms with Gasteiger partial charge in [-0.2, -0.15) is 0 Å². The van der Waals surface area contributed by atoms with E-state index < -0.39 is 34.4 Å². The van der Waals surface area contributed by atoms with E-state index in [2.05, 4.69) is 5.32 Å². The lowest BCUT2D eigenvalue weighted by atomic mass is 10.0. The van der Waals surface area contributed by atoms with Crippen molar-refractivity contribution in [3.8, 4) is 0 Å². The second-order valence-corrected chi connectivity index (χ2v) is 13.4. The summed E-state index contributed by atoms with van der Waals surface area (Å²) in [7, 11) is -4.29. The fraction of sp³-hybridized carbons (Fsp3) is 0.188. The van der Waals surface area contributed by atoms with Crippen LogP contribution in [-0.4, -0.2) is 44.3 Å². The summed E-state index contributed by atoms with van der Waals surface area (Å²) in [5, 5.41) is 3.79. The van der Waals surface area contributed by atoms with Crippen molar-refractivity contribution < 1.29 is 18.0 Å². The van der Waals surface area contributed by atoms with Crippen molar-refractivity contribution in [3.05, 3.63) is 128 Å². The Balaban J connectivity index is 1.82. The lowest BCUT2D eigenvalue weighted by Gasteiger charge is -2.34. The van der Waals surface area contributed by atoms with Gasteiger partial charge < -0.3 is 10.2 Å². The first-order valence-electron chi connectivity index (χ1n) is 13.6. The Morgan fingerprint density at radius 1 is 0.773 bits per heavy atom. The maximum absolute atomic E-state index is 14.4. The van der Waals surface area contributed by atoms with Crippen LogP contribution in [0.3, 0.4) is 0 Å². The molecule has 0 saturated carbocycles. The van der Waals surface area contributed by atoms with Gasteiger partial charge in [0.25, 0.3) is 10.0 Å². The zero-order valence-electron chi connectivity index (χ0n) is 23.6. The Hall–Kier alpha value is -3.27. The van der Waals surface area contributed by atoms with Gasteiger partial charge in [-0.25, -0.2) is 8.42 Å². The molecule has 0 radical (unpaired) electrons. The first-order chi connectivity index (χ1) is 21.0. The molecule has 0 bridgehead atoms. The Morgan fingerprint density at radius 2 is 1.39 bits per heavy atom. The van der Waals surface area contributed by atoms with Crippen LogP contribution in [-0.2, 0) is 32.6 Å². The van der Waals surface area contributed by atoms with Gasteiger partial charge in [0.2, 0.25) is 11.8 Å². The minimum Gasteiger partial charge on any atom is -0.355 e. The van der Waals surface area contributed by atoms with Crippen LogP contribution in [0.15, 0.2) is 102 Å². The van der Waals surface area contributed by atoms with Crippen LogP contribution in [0.1, 0.15) is 18.1 Å². The number of carbonyl (C=O) groups excluding carboxylic acids is 2. The van der Waals surface area contributed by atoms with Crippen LogP contribution in [0.4, 0.5) is 5.69 Å². The Bertz CT molecular complexity index is 1700. The van der Waals surface area contributed by atoms with E-state index in [0.717, 1.165) is 9.87 Å². The summed E-state index contributed by atoms with van der Waals surface area (Å²) in [6.45, 7) is 1.40. The minimum atomic E-state index is -4.29. The number of rotatable bonds is 12. The Morgan fingerprint density at radius 3 is 1.98 bits per heavy atom. The summed E-state index contributed by atoms with van der Waals surface area (Å²) in [5.41, 5.74) is 1.50. The predicted octanol–water partition coefficient (Wildman–Crippen LogP) is 7.27. The first kappa shape index (κ1) is 33.6. The van der Waals surface area contributed by atoms with Gasteiger partial charge in [-0.15, -0.1) is 0 Å². The maximum Gasteiger partial charge on any atom is 0.264 e. The van der Waals surface area contributed by atoms with Crippen molar-refractivity contribution in [2.24, 2.45) is 0 Å². The minimum absolute atomic E-state index is 0.0375. The lowest BCUT2D eigenvalue weighted by molar-refractivity contribution is -0.140. The molecule has 4 rings (SSSR count). The van der Waals surface area contributed by atoms with Crippen LogP contribution in [0.2, 0.25) is 20.1 Å². The number of likely N-dealkylation sites (N-methyl/N-ethyl adjacent to an activating group) is 1. The standard InChI is InChI=1S/C32H29Cl4N3O4S/c1-2-37-32(41)30(16-22-9-5-3-6-10-22)38(20-23-13-14-28(35)29(36)15-23)31(40)21-39(26-18-24(33)17-25(34)19-26)44(42,43)27-11-7-4-8-12-27/h3-15,17-19,30H,2,16,20-21H2,1H3,(H,37,41). The van der Waals surface area contributed by atoms with E-state index in [0.29, 0.717) is 17.1 Å². The maximum atomic E-state index is 14.4. The van der Waals surface area contributed by atoms with Gasteiger partial charge in [0.05, 0.1) is 20.6 Å². The highest BCUT2D eigenvalue weighted by atomic mass is 35.5. The molecule has 4 aromatic carbocycles. The van der Waals surface area contributed by atoms with Gasteiger partial charge in [-0.1, -0.05) is 101 Å². The van der Waals surface area contributed by atoms with E-state index in [-0.39, 0.29) is 38.6 Å². The molecule has 12 heteroatoms. The monoisotopic (exact) mass is 691 g/mol. The van der Waals surface area contributed by atoms with Gasteiger partial charge in [0.15, 0.2) is 0 Å². The van der Waals surface area contributed by atoms with Gasteiger partial charge in [0.1, 0.15) is 12.6 Å². The molecule has 44 heavy (non-hydrogen) atoms. The van der Waals surface area contributed by atoms with Gasteiger partial charge in [0, 0.05) is 29.6 Å². The zero-order chi connectivity index (χ0) is 31.9. The molecule has 0 saturated heterocycles. The number of nitrogens with one attached hydrogen (secondary N) is 1. The molecule has 0 aromatic heterocycles. The summed E-state index contributed by atoms with van der Waals surface area (Å²) in [6.07, 6.45) is 0.175. The molecular weight excluding hydrogens is 664 g/mol. The summed E-state index contributed by atoms with van der Waals surface area (Å²) in [6, 6.07) is 25.1. The molecule has 1 N–H and O–H groups in total. The molecule has 0 fully saturated rings. The van der Waals surface area contributed by atoms with E-state index in [1.165, 1.54) is 35.2 Å². The molecular formula is C32H29Cl4N3O4S. The van der Waals surface area contributed by atoms with Crippen LogP contribution in [0, 0.1) is 0 Å². The van der Waals surface area contributed by atoms with Crippen LogP contribution in [0.25, 0.3) is 0 Å². The molecule has 1 unspecified atom stereocenters. The van der Waals surface area contributed by atoms with E-state index in [1.54, 1.807) is 43.3 Å². The number of benzene rings is 4. The van der Waals surface area contributed by atoms with Gasteiger partial charge in [-0.3, -0.25) is 13.9 Å². The van der Waals surface area contributed by atoms with E-state index >= 15 is 0 Å². The molecule has 0 aliphatic carbocycles. The number of anilines is 1. The molecule has 7 nitrogen and oxygen atoms in total. The number of sulfonamides is 1. The zero-order valence-corrected chi connectivity index (χ0v) is 27.4. The van der Waals surface area contributed by atoms with Crippen molar-refractivity contribution in [1.82, 2.24) is 10.2 Å². The number of halogens is 4. The van der Waals surface area contributed by atoms with Gasteiger partial charge >= 0.3 is 0 Å². The third-order valence-corrected chi connectivity index (χ3v) is 9.67. The second-order valence-electron chi connectivity index (χ2n) is 9.82. The number of carbonyl (C=O) groups is 2. The summed E-state index contributed by atoms with van der Waals surface area (Å²) in [5.74, 6) is -1.04. The highest BCUT2D eigenvalue weighted by Gasteiger charge is 2.34. The summed E-state index contributed by atoms with van der Waals surface area (Å²) >= 11 is 25.0.